The summed E-state index contributed by atoms with van der Waals surface area (Å²) in [5.74, 6) is -1.48. The van der Waals surface area contributed by atoms with Gasteiger partial charge in [0.15, 0.2) is 0 Å². The number of anilines is 1. The van der Waals surface area contributed by atoms with Crippen LogP contribution in [-0.4, -0.2) is 29.1 Å². The molecule has 0 aromatic heterocycles. The molecule has 110 valence electrons. The van der Waals surface area contributed by atoms with Crippen LogP contribution in [0.2, 0.25) is 0 Å². The van der Waals surface area contributed by atoms with Gasteiger partial charge in [0.1, 0.15) is 0 Å². The van der Waals surface area contributed by atoms with Crippen LogP contribution < -0.4 is 10.6 Å². The van der Waals surface area contributed by atoms with Crippen LogP contribution in [0.25, 0.3) is 0 Å². The van der Waals surface area contributed by atoms with Gasteiger partial charge in [0.25, 0.3) is 0 Å². The monoisotopic (exact) mass is 278 g/mol. The van der Waals surface area contributed by atoms with E-state index in [0.717, 1.165) is 5.56 Å². The van der Waals surface area contributed by atoms with E-state index in [9.17, 15) is 14.7 Å². The largest absolute Gasteiger partial charge is 0.388 e. The first-order chi connectivity index (χ1) is 9.40. The molecule has 0 spiro atoms. The molecule has 1 rings (SSSR count). The summed E-state index contributed by atoms with van der Waals surface area (Å²) in [7, 11) is 0. The van der Waals surface area contributed by atoms with Gasteiger partial charge in [0.2, 0.25) is 0 Å². The van der Waals surface area contributed by atoms with E-state index in [4.69, 9.17) is 0 Å². The van der Waals surface area contributed by atoms with Crippen molar-refractivity contribution in [1.29, 1.82) is 0 Å². The Hall–Kier alpha value is -1.88. The molecule has 0 unspecified atom stereocenters. The van der Waals surface area contributed by atoms with Gasteiger partial charge in [-0.15, -0.1) is 0 Å². The third-order valence-corrected chi connectivity index (χ3v) is 3.41. The zero-order valence-electron chi connectivity index (χ0n) is 12.2. The molecule has 0 bridgehead atoms. The molecule has 0 atom stereocenters. The van der Waals surface area contributed by atoms with Crippen molar-refractivity contribution in [2.75, 3.05) is 11.9 Å². The molecule has 0 aliphatic carbocycles. The average molecular weight is 278 g/mol. The fourth-order valence-corrected chi connectivity index (χ4v) is 1.65. The third-order valence-electron chi connectivity index (χ3n) is 3.41. The lowest BCUT2D eigenvalue weighted by molar-refractivity contribution is -0.136. The summed E-state index contributed by atoms with van der Waals surface area (Å²) < 4.78 is 0. The van der Waals surface area contributed by atoms with Crippen molar-refractivity contribution in [2.24, 2.45) is 0 Å². The fraction of sp³-hybridized carbons (Fsp3) is 0.467. The number of carbonyl (C=O) groups excluding carboxylic acids is 2. The highest BCUT2D eigenvalue weighted by Gasteiger charge is 2.24. The Morgan fingerprint density at radius 3 is 2.15 bits per heavy atom. The molecule has 5 heteroatoms. The van der Waals surface area contributed by atoms with Crippen LogP contribution >= 0.6 is 0 Å². The molecule has 0 aliphatic rings. The lowest BCUT2D eigenvalue weighted by Gasteiger charge is -2.25. The molecule has 0 radical (unpaired) electrons. The van der Waals surface area contributed by atoms with Crippen LogP contribution in [0.15, 0.2) is 24.3 Å². The van der Waals surface area contributed by atoms with E-state index in [1.165, 1.54) is 0 Å². The fourth-order valence-electron chi connectivity index (χ4n) is 1.65. The minimum Gasteiger partial charge on any atom is -0.388 e. The first-order valence-electron chi connectivity index (χ1n) is 6.78. The Bertz CT molecular complexity index is 465. The summed E-state index contributed by atoms with van der Waals surface area (Å²) in [4.78, 5) is 23.3. The molecule has 0 saturated heterocycles. The van der Waals surface area contributed by atoms with Crippen LogP contribution in [0.1, 0.15) is 32.3 Å². The molecule has 2 amide bonds. The van der Waals surface area contributed by atoms with E-state index >= 15 is 0 Å². The number of carbonyl (C=O) groups is 2. The second-order valence-electron chi connectivity index (χ2n) is 4.93. The summed E-state index contributed by atoms with van der Waals surface area (Å²) in [6.45, 7) is 5.68. The molecule has 0 fully saturated rings. The van der Waals surface area contributed by atoms with Crippen molar-refractivity contribution in [3.05, 3.63) is 29.8 Å². The lowest BCUT2D eigenvalue weighted by Crippen LogP contribution is -2.45. The smallest absolute Gasteiger partial charge is 0.313 e. The SMILES string of the molecule is CCC(O)(CC)CNC(=O)C(=O)Nc1ccc(C)cc1. The van der Waals surface area contributed by atoms with Crippen LogP contribution in [0.3, 0.4) is 0 Å². The summed E-state index contributed by atoms with van der Waals surface area (Å²) in [6.07, 6.45) is 1.03. The zero-order chi connectivity index (χ0) is 15.2. The molecule has 0 heterocycles. The van der Waals surface area contributed by atoms with E-state index in [1.54, 1.807) is 12.1 Å². The third kappa shape index (κ3) is 4.66. The maximum atomic E-state index is 11.7. The highest BCUT2D eigenvalue weighted by molar-refractivity contribution is 6.39. The van der Waals surface area contributed by atoms with Crippen molar-refractivity contribution >= 4 is 17.5 Å². The van der Waals surface area contributed by atoms with E-state index in [0.29, 0.717) is 18.5 Å². The normalized spacial score (nSPS) is 11.0. The minimum atomic E-state index is -0.959. The number of aliphatic hydroxyl groups is 1. The second kappa shape index (κ2) is 7.05. The predicted molar refractivity (Wildman–Crippen MR) is 78.4 cm³/mol. The number of benzene rings is 1. The summed E-state index contributed by atoms with van der Waals surface area (Å²) in [5.41, 5.74) is 0.681. The summed E-state index contributed by atoms with van der Waals surface area (Å²) in [5, 5.41) is 15.0. The average Bonchev–Trinajstić information content (AvgIpc) is 2.46. The maximum Gasteiger partial charge on any atom is 0.313 e. The van der Waals surface area contributed by atoms with Gasteiger partial charge in [-0.1, -0.05) is 31.5 Å². The highest BCUT2D eigenvalue weighted by Crippen LogP contribution is 2.13. The van der Waals surface area contributed by atoms with Gasteiger partial charge in [-0.25, -0.2) is 0 Å². The molecule has 0 saturated carbocycles. The van der Waals surface area contributed by atoms with E-state index in [-0.39, 0.29) is 6.54 Å². The standard InChI is InChI=1S/C15H22N2O3/c1-4-15(20,5-2)10-16-13(18)14(19)17-12-8-6-11(3)7-9-12/h6-9,20H,4-5,10H2,1-3H3,(H,16,18)(H,17,19). The Morgan fingerprint density at radius 1 is 1.10 bits per heavy atom. The maximum absolute atomic E-state index is 11.7. The van der Waals surface area contributed by atoms with Crippen LogP contribution in [-0.2, 0) is 9.59 Å². The number of nitrogens with one attached hydrogen (secondary N) is 2. The number of hydrogen-bond acceptors (Lipinski definition) is 3. The van der Waals surface area contributed by atoms with Gasteiger partial charge in [-0.2, -0.15) is 0 Å². The molecule has 20 heavy (non-hydrogen) atoms. The molecule has 1 aromatic carbocycles. The first-order valence-corrected chi connectivity index (χ1v) is 6.78. The molecule has 5 nitrogen and oxygen atoms in total. The quantitative estimate of drug-likeness (QED) is 0.716. The van der Waals surface area contributed by atoms with E-state index in [1.807, 2.05) is 32.9 Å². The Balaban J connectivity index is 2.51. The van der Waals surface area contributed by atoms with Crippen molar-refractivity contribution in [1.82, 2.24) is 5.32 Å². The van der Waals surface area contributed by atoms with Crippen molar-refractivity contribution < 1.29 is 14.7 Å². The molecule has 1 aromatic rings. The first kappa shape index (κ1) is 16.2. The molecule has 3 N–H and O–H groups in total. The van der Waals surface area contributed by atoms with Gasteiger partial charge in [0, 0.05) is 12.2 Å². The van der Waals surface area contributed by atoms with E-state index in [2.05, 4.69) is 10.6 Å². The zero-order valence-corrected chi connectivity index (χ0v) is 12.2. The molecular weight excluding hydrogens is 256 g/mol. The van der Waals surface area contributed by atoms with Crippen molar-refractivity contribution in [3.8, 4) is 0 Å². The topological polar surface area (TPSA) is 78.4 Å². The van der Waals surface area contributed by atoms with Gasteiger partial charge in [0.05, 0.1) is 5.60 Å². The van der Waals surface area contributed by atoms with Crippen molar-refractivity contribution in [2.45, 2.75) is 39.2 Å². The number of hydrogen-bond donors (Lipinski definition) is 3. The minimum absolute atomic E-state index is 0.0696. The summed E-state index contributed by atoms with van der Waals surface area (Å²) in [6, 6.07) is 7.16. The van der Waals surface area contributed by atoms with E-state index < -0.39 is 17.4 Å². The van der Waals surface area contributed by atoms with Gasteiger partial charge in [-0.05, 0) is 31.9 Å². The van der Waals surface area contributed by atoms with Crippen LogP contribution in [0.5, 0.6) is 0 Å². The number of aryl methyl sites for hydroxylation is 1. The lowest BCUT2D eigenvalue weighted by atomic mass is 9.98. The Labute approximate surface area is 119 Å². The Morgan fingerprint density at radius 2 is 1.65 bits per heavy atom. The van der Waals surface area contributed by atoms with Gasteiger partial charge < -0.3 is 15.7 Å². The highest BCUT2D eigenvalue weighted by atomic mass is 16.3. The van der Waals surface area contributed by atoms with Crippen LogP contribution in [0.4, 0.5) is 5.69 Å². The number of amides is 2. The van der Waals surface area contributed by atoms with Gasteiger partial charge in [-0.3, -0.25) is 9.59 Å². The van der Waals surface area contributed by atoms with Crippen molar-refractivity contribution in [3.63, 3.8) is 0 Å². The summed E-state index contributed by atoms with van der Waals surface area (Å²) >= 11 is 0. The van der Waals surface area contributed by atoms with Crippen LogP contribution in [0, 0.1) is 6.92 Å². The predicted octanol–water partition coefficient (Wildman–Crippen LogP) is 1.60. The Kier molecular flexibility index (Phi) is 5.70. The number of rotatable bonds is 5. The van der Waals surface area contributed by atoms with Gasteiger partial charge >= 0.3 is 11.8 Å². The second-order valence-corrected chi connectivity index (χ2v) is 4.93. The molecular formula is C15H22N2O3. The molecule has 0 aliphatic heterocycles.